The van der Waals surface area contributed by atoms with Crippen molar-refractivity contribution < 1.29 is 20.1 Å². The van der Waals surface area contributed by atoms with Crippen LogP contribution in [0, 0.1) is 6.92 Å². The lowest BCUT2D eigenvalue weighted by atomic mass is 10.1. The maximum Gasteiger partial charge on any atom is 0.141 e. The number of aliphatic hydroxyl groups is 2. The standard InChI is InChI=1S/C13H20N2O4/c1-8-13(18)10(9(7-16)3-14-8)4-15-5-11(17)12(6-15)19-2/h3,11-12,16-18H,4-7H2,1-2H3/t11-,12-/m0/s1. The minimum Gasteiger partial charge on any atom is -0.506 e. The first-order valence-electron chi connectivity index (χ1n) is 6.27. The number of hydrogen-bond acceptors (Lipinski definition) is 6. The Balaban J connectivity index is 2.18. The van der Waals surface area contributed by atoms with Crippen molar-refractivity contribution in [3.8, 4) is 5.75 Å². The largest absolute Gasteiger partial charge is 0.506 e. The molecular formula is C13H20N2O4. The summed E-state index contributed by atoms with van der Waals surface area (Å²) in [4.78, 5) is 6.02. The molecule has 6 heteroatoms. The summed E-state index contributed by atoms with van der Waals surface area (Å²) in [5.74, 6) is 0.113. The van der Waals surface area contributed by atoms with Crippen LogP contribution in [0.2, 0.25) is 0 Å². The quantitative estimate of drug-likeness (QED) is 0.700. The van der Waals surface area contributed by atoms with Gasteiger partial charge in [-0.25, -0.2) is 0 Å². The molecule has 2 heterocycles. The lowest BCUT2D eigenvalue weighted by Crippen LogP contribution is -2.25. The molecule has 0 amide bonds. The highest BCUT2D eigenvalue weighted by Crippen LogP contribution is 2.27. The number of ether oxygens (including phenoxy) is 1. The Bertz CT molecular complexity index is 453. The topological polar surface area (TPSA) is 86.1 Å². The molecule has 1 aliphatic rings. The van der Waals surface area contributed by atoms with E-state index in [1.165, 1.54) is 0 Å². The van der Waals surface area contributed by atoms with Crippen LogP contribution in [0.5, 0.6) is 5.75 Å². The fourth-order valence-electron chi connectivity index (χ4n) is 2.41. The predicted octanol–water partition coefficient (Wildman–Crippen LogP) is -0.221. The summed E-state index contributed by atoms with van der Waals surface area (Å²) >= 11 is 0. The maximum absolute atomic E-state index is 10.1. The first-order chi connectivity index (χ1) is 9.06. The van der Waals surface area contributed by atoms with Crippen LogP contribution in [0.3, 0.4) is 0 Å². The number of likely N-dealkylation sites (tertiary alicyclic amines) is 1. The SMILES string of the molecule is CO[C@H]1CN(Cc2c(CO)cnc(C)c2O)C[C@@H]1O. The van der Waals surface area contributed by atoms with Crippen molar-refractivity contribution in [1.82, 2.24) is 9.88 Å². The molecule has 19 heavy (non-hydrogen) atoms. The number of pyridine rings is 1. The second-order valence-corrected chi connectivity index (χ2v) is 4.89. The number of aromatic nitrogens is 1. The molecule has 0 spiro atoms. The zero-order valence-corrected chi connectivity index (χ0v) is 11.2. The summed E-state index contributed by atoms with van der Waals surface area (Å²) in [7, 11) is 1.57. The third kappa shape index (κ3) is 2.87. The van der Waals surface area contributed by atoms with Crippen molar-refractivity contribution in [3.05, 3.63) is 23.0 Å². The zero-order chi connectivity index (χ0) is 14.0. The molecule has 0 bridgehead atoms. The van der Waals surface area contributed by atoms with E-state index >= 15 is 0 Å². The van der Waals surface area contributed by atoms with Crippen molar-refractivity contribution >= 4 is 0 Å². The van der Waals surface area contributed by atoms with E-state index in [1.54, 1.807) is 20.2 Å². The van der Waals surface area contributed by atoms with Gasteiger partial charge in [0.25, 0.3) is 0 Å². The molecule has 1 saturated heterocycles. The zero-order valence-electron chi connectivity index (χ0n) is 11.2. The second-order valence-electron chi connectivity index (χ2n) is 4.89. The van der Waals surface area contributed by atoms with Gasteiger partial charge in [0, 0.05) is 44.1 Å². The summed E-state index contributed by atoms with van der Waals surface area (Å²) in [6.07, 6.45) is 0.848. The Kier molecular flexibility index (Phi) is 4.36. The van der Waals surface area contributed by atoms with Crippen LogP contribution in [0.25, 0.3) is 0 Å². The molecular weight excluding hydrogens is 248 g/mol. The van der Waals surface area contributed by atoms with Gasteiger partial charge in [0.05, 0.1) is 24.5 Å². The summed E-state index contributed by atoms with van der Waals surface area (Å²) in [6, 6.07) is 0. The van der Waals surface area contributed by atoms with Gasteiger partial charge >= 0.3 is 0 Å². The van der Waals surface area contributed by atoms with Gasteiger partial charge in [-0.1, -0.05) is 0 Å². The number of hydrogen-bond donors (Lipinski definition) is 3. The van der Waals surface area contributed by atoms with Crippen molar-refractivity contribution in [2.75, 3.05) is 20.2 Å². The van der Waals surface area contributed by atoms with Crippen LogP contribution in [0.15, 0.2) is 6.20 Å². The van der Waals surface area contributed by atoms with Crippen LogP contribution >= 0.6 is 0 Å². The third-order valence-electron chi connectivity index (χ3n) is 3.60. The Labute approximate surface area is 112 Å². The van der Waals surface area contributed by atoms with E-state index in [1.807, 2.05) is 4.90 Å². The molecule has 0 aromatic carbocycles. The van der Waals surface area contributed by atoms with Gasteiger partial charge in [0.1, 0.15) is 5.75 Å². The predicted molar refractivity (Wildman–Crippen MR) is 68.6 cm³/mol. The van der Waals surface area contributed by atoms with E-state index in [0.29, 0.717) is 36.5 Å². The molecule has 0 aliphatic carbocycles. The molecule has 106 valence electrons. The van der Waals surface area contributed by atoms with E-state index in [-0.39, 0.29) is 18.5 Å². The molecule has 0 radical (unpaired) electrons. The molecule has 1 aromatic rings. The Hall–Kier alpha value is -1.21. The lowest BCUT2D eigenvalue weighted by molar-refractivity contribution is 0.0214. The fraction of sp³-hybridized carbons (Fsp3) is 0.615. The Morgan fingerprint density at radius 1 is 1.47 bits per heavy atom. The summed E-state index contributed by atoms with van der Waals surface area (Å²) in [5, 5.41) is 29.2. The molecule has 2 atom stereocenters. The van der Waals surface area contributed by atoms with Gasteiger partial charge < -0.3 is 20.1 Å². The summed E-state index contributed by atoms with van der Waals surface area (Å²) < 4.78 is 5.19. The number of methoxy groups -OCH3 is 1. The number of aromatic hydroxyl groups is 1. The van der Waals surface area contributed by atoms with E-state index in [2.05, 4.69) is 4.98 Å². The summed E-state index contributed by atoms with van der Waals surface area (Å²) in [5.41, 5.74) is 1.81. The molecule has 1 fully saturated rings. The van der Waals surface area contributed by atoms with Crippen LogP contribution in [-0.4, -0.2) is 57.6 Å². The average Bonchev–Trinajstić information content (AvgIpc) is 2.75. The number of β-amino-alcohol motifs (C(OH)–C–C–N with tert-alkyl or cyclic N) is 1. The van der Waals surface area contributed by atoms with Crippen molar-refractivity contribution in [2.45, 2.75) is 32.3 Å². The van der Waals surface area contributed by atoms with Crippen molar-refractivity contribution in [3.63, 3.8) is 0 Å². The van der Waals surface area contributed by atoms with Gasteiger partial charge in [-0.05, 0) is 6.92 Å². The number of aryl methyl sites for hydroxylation is 1. The van der Waals surface area contributed by atoms with E-state index in [9.17, 15) is 15.3 Å². The Morgan fingerprint density at radius 2 is 2.21 bits per heavy atom. The molecule has 6 nitrogen and oxygen atoms in total. The first kappa shape index (κ1) is 14.2. The fourth-order valence-corrected chi connectivity index (χ4v) is 2.41. The van der Waals surface area contributed by atoms with Crippen LogP contribution in [0.1, 0.15) is 16.8 Å². The highest BCUT2D eigenvalue weighted by atomic mass is 16.5. The number of nitrogens with zero attached hydrogens (tertiary/aromatic N) is 2. The second kappa shape index (κ2) is 5.83. The van der Waals surface area contributed by atoms with Gasteiger partial charge in [-0.3, -0.25) is 9.88 Å². The van der Waals surface area contributed by atoms with Gasteiger partial charge in [-0.15, -0.1) is 0 Å². The highest BCUT2D eigenvalue weighted by Gasteiger charge is 2.32. The number of rotatable bonds is 4. The molecule has 1 aromatic heterocycles. The highest BCUT2D eigenvalue weighted by molar-refractivity contribution is 5.40. The van der Waals surface area contributed by atoms with Gasteiger partial charge in [-0.2, -0.15) is 0 Å². The normalized spacial score (nSPS) is 24.0. The van der Waals surface area contributed by atoms with E-state index < -0.39 is 6.10 Å². The van der Waals surface area contributed by atoms with Crippen molar-refractivity contribution in [2.24, 2.45) is 0 Å². The van der Waals surface area contributed by atoms with Crippen LogP contribution < -0.4 is 0 Å². The molecule has 3 N–H and O–H groups in total. The van der Waals surface area contributed by atoms with Gasteiger partial charge in [0.15, 0.2) is 0 Å². The van der Waals surface area contributed by atoms with E-state index in [4.69, 9.17) is 4.74 Å². The van der Waals surface area contributed by atoms with E-state index in [0.717, 1.165) is 0 Å². The van der Waals surface area contributed by atoms with Crippen LogP contribution in [-0.2, 0) is 17.9 Å². The smallest absolute Gasteiger partial charge is 0.141 e. The summed E-state index contributed by atoms with van der Waals surface area (Å²) in [6.45, 7) is 3.10. The average molecular weight is 268 g/mol. The van der Waals surface area contributed by atoms with Gasteiger partial charge in [0.2, 0.25) is 0 Å². The lowest BCUT2D eigenvalue weighted by Gasteiger charge is -2.18. The first-order valence-corrected chi connectivity index (χ1v) is 6.27. The minimum absolute atomic E-state index is 0.113. The molecule has 2 rings (SSSR count). The maximum atomic E-state index is 10.1. The number of aliphatic hydroxyl groups excluding tert-OH is 2. The minimum atomic E-state index is -0.521. The molecule has 0 saturated carbocycles. The Morgan fingerprint density at radius 3 is 2.79 bits per heavy atom. The molecule has 0 unspecified atom stereocenters. The monoisotopic (exact) mass is 268 g/mol. The third-order valence-corrected chi connectivity index (χ3v) is 3.60. The van der Waals surface area contributed by atoms with Crippen LogP contribution in [0.4, 0.5) is 0 Å². The molecule has 1 aliphatic heterocycles. The van der Waals surface area contributed by atoms with Crippen molar-refractivity contribution in [1.29, 1.82) is 0 Å².